The van der Waals surface area contributed by atoms with E-state index in [-0.39, 0.29) is 5.75 Å². The Balaban J connectivity index is 3.53. The van der Waals surface area contributed by atoms with E-state index in [1.165, 1.54) is 0 Å². The van der Waals surface area contributed by atoms with Crippen LogP contribution in [0.25, 0.3) is 0 Å². The van der Waals surface area contributed by atoms with Gasteiger partial charge in [-0.15, -0.1) is 0 Å². The summed E-state index contributed by atoms with van der Waals surface area (Å²) in [6.45, 7) is 0. The highest BCUT2D eigenvalue weighted by Crippen LogP contribution is 2.34. The molecule has 0 aliphatic rings. The summed E-state index contributed by atoms with van der Waals surface area (Å²) in [5.74, 6) is -0.313. The van der Waals surface area contributed by atoms with Crippen molar-refractivity contribution in [3.05, 3.63) is 18.0 Å². The molecule has 4 nitrogen and oxygen atoms in total. The molecule has 0 amide bonds. The summed E-state index contributed by atoms with van der Waals surface area (Å²) in [6, 6.07) is 0. The van der Waals surface area contributed by atoms with Crippen LogP contribution >= 0.6 is 10.7 Å². The van der Waals surface area contributed by atoms with E-state index >= 15 is 0 Å². The summed E-state index contributed by atoms with van der Waals surface area (Å²) in [7, 11) is 1.85. The number of ether oxygens (including phenoxy) is 1. The lowest BCUT2D eigenvalue weighted by molar-refractivity contribution is 0.143. The molecule has 15 heavy (non-hydrogen) atoms. The minimum atomic E-state index is -4.26. The second kappa shape index (κ2) is 4.28. The number of hydrogen-bond donors (Lipinski definition) is 0. The maximum atomic E-state index is 12.6. The first-order chi connectivity index (χ1) is 6.88. The van der Waals surface area contributed by atoms with Gasteiger partial charge in [0.15, 0.2) is 0 Å². The fourth-order valence-corrected chi connectivity index (χ4v) is 2.01. The van der Waals surface area contributed by atoms with Crippen LogP contribution in [0.5, 0.6) is 5.75 Å². The summed E-state index contributed by atoms with van der Waals surface area (Å²) in [5.41, 5.74) is -0.775. The average molecular weight is 258 g/mol. The molecule has 0 bridgehead atoms. The molecular weight excluding hydrogens is 252 g/mol. The third kappa shape index (κ3) is 2.54. The van der Waals surface area contributed by atoms with Crippen LogP contribution in [0.3, 0.4) is 0 Å². The lowest BCUT2D eigenvalue weighted by Gasteiger charge is -2.09. The molecule has 0 fully saturated rings. The maximum Gasteiger partial charge on any atom is 0.268 e. The van der Waals surface area contributed by atoms with Crippen LogP contribution in [-0.4, -0.2) is 20.5 Å². The van der Waals surface area contributed by atoms with Crippen molar-refractivity contribution in [2.75, 3.05) is 7.11 Å². The van der Waals surface area contributed by atoms with E-state index in [1.54, 1.807) is 0 Å². The minimum absolute atomic E-state index is 0.313. The Morgan fingerprint density at radius 1 is 1.47 bits per heavy atom. The van der Waals surface area contributed by atoms with Crippen LogP contribution in [-0.2, 0) is 9.05 Å². The van der Waals surface area contributed by atoms with Crippen molar-refractivity contribution in [1.82, 2.24) is 4.98 Å². The van der Waals surface area contributed by atoms with Crippen LogP contribution in [0.1, 0.15) is 12.0 Å². The van der Waals surface area contributed by atoms with E-state index in [4.69, 9.17) is 10.7 Å². The van der Waals surface area contributed by atoms with E-state index in [1.807, 2.05) is 0 Å². The van der Waals surface area contributed by atoms with Gasteiger partial charge < -0.3 is 4.74 Å². The molecule has 0 spiro atoms. The molecule has 1 heterocycles. The van der Waals surface area contributed by atoms with E-state index in [0.717, 1.165) is 19.5 Å². The molecule has 0 saturated carbocycles. The Morgan fingerprint density at radius 3 is 2.47 bits per heavy atom. The molecule has 0 saturated heterocycles. The molecule has 0 aliphatic heterocycles. The van der Waals surface area contributed by atoms with Crippen molar-refractivity contribution >= 4 is 19.7 Å². The molecule has 0 N–H and O–H groups in total. The molecule has 0 radical (unpaired) electrons. The van der Waals surface area contributed by atoms with Crippen molar-refractivity contribution in [2.24, 2.45) is 0 Å². The predicted octanol–water partition coefficient (Wildman–Crippen LogP) is 1.96. The Kier molecular flexibility index (Phi) is 3.46. The van der Waals surface area contributed by atoms with Gasteiger partial charge in [0.05, 0.1) is 18.9 Å². The van der Waals surface area contributed by atoms with Gasteiger partial charge in [0, 0.05) is 16.9 Å². The summed E-state index contributed by atoms with van der Waals surface area (Å²) in [5, 5.41) is 0. The number of hydrogen-bond acceptors (Lipinski definition) is 4. The van der Waals surface area contributed by atoms with E-state index in [0.29, 0.717) is 0 Å². The summed E-state index contributed by atoms with van der Waals surface area (Å²) in [4.78, 5) is 2.71. The maximum absolute atomic E-state index is 12.6. The number of nitrogens with zero attached hydrogens (tertiary/aromatic N) is 1. The fraction of sp³-hybridized carbons (Fsp3) is 0.286. The minimum Gasteiger partial charge on any atom is -0.495 e. The number of alkyl halides is 2. The van der Waals surface area contributed by atoms with Gasteiger partial charge >= 0.3 is 0 Å². The molecule has 84 valence electrons. The average Bonchev–Trinajstić information content (AvgIpc) is 2.15. The summed E-state index contributed by atoms with van der Waals surface area (Å²) >= 11 is 0. The zero-order chi connectivity index (χ0) is 11.6. The monoisotopic (exact) mass is 257 g/mol. The summed E-state index contributed by atoms with van der Waals surface area (Å²) in [6.07, 6.45) is -1.26. The zero-order valence-electron chi connectivity index (χ0n) is 7.45. The van der Waals surface area contributed by atoms with Crippen molar-refractivity contribution in [3.63, 3.8) is 0 Å². The third-order valence-corrected chi connectivity index (χ3v) is 2.96. The third-order valence-electron chi connectivity index (χ3n) is 1.62. The highest BCUT2D eigenvalue weighted by molar-refractivity contribution is 8.13. The van der Waals surface area contributed by atoms with Gasteiger partial charge in [-0.1, -0.05) is 0 Å². The Bertz CT molecular complexity index is 463. The molecule has 1 aromatic rings. The Hall–Kier alpha value is -0.950. The normalized spacial score (nSPS) is 11.8. The lowest BCUT2D eigenvalue weighted by atomic mass is 10.2. The van der Waals surface area contributed by atoms with Gasteiger partial charge in [-0.05, 0) is 0 Å². The number of pyridine rings is 1. The van der Waals surface area contributed by atoms with E-state index in [2.05, 4.69) is 9.72 Å². The van der Waals surface area contributed by atoms with Crippen LogP contribution in [0, 0.1) is 0 Å². The van der Waals surface area contributed by atoms with Gasteiger partial charge in [-0.25, -0.2) is 17.2 Å². The number of rotatable bonds is 3. The first-order valence-corrected chi connectivity index (χ1v) is 5.93. The summed E-state index contributed by atoms with van der Waals surface area (Å²) < 4.78 is 51.7. The number of halogens is 3. The van der Waals surface area contributed by atoms with Gasteiger partial charge in [0.25, 0.3) is 15.5 Å². The van der Waals surface area contributed by atoms with Gasteiger partial charge in [0.2, 0.25) is 0 Å². The predicted molar refractivity (Wildman–Crippen MR) is 48.8 cm³/mol. The standard InChI is InChI=1S/C7H6ClF2NO3S/c1-14-4-2-11-3-5(15(8,12)13)6(4)7(9)10/h2-3,7H,1H3. The highest BCUT2D eigenvalue weighted by Gasteiger charge is 2.26. The molecule has 1 aromatic heterocycles. The molecule has 0 aliphatic carbocycles. The van der Waals surface area contributed by atoms with Crippen LogP contribution in [0.2, 0.25) is 0 Å². The number of methoxy groups -OCH3 is 1. The van der Waals surface area contributed by atoms with Crippen molar-refractivity contribution in [3.8, 4) is 5.75 Å². The van der Waals surface area contributed by atoms with Gasteiger partial charge in [0.1, 0.15) is 10.6 Å². The van der Waals surface area contributed by atoms with Crippen LogP contribution in [0.4, 0.5) is 8.78 Å². The zero-order valence-corrected chi connectivity index (χ0v) is 9.02. The second-order valence-electron chi connectivity index (χ2n) is 2.49. The molecular formula is C7H6ClF2NO3S. The van der Waals surface area contributed by atoms with Crippen LogP contribution < -0.4 is 4.74 Å². The van der Waals surface area contributed by atoms with E-state index in [9.17, 15) is 17.2 Å². The number of aromatic nitrogens is 1. The fourth-order valence-electron chi connectivity index (χ4n) is 1.01. The van der Waals surface area contributed by atoms with Gasteiger partial charge in [-0.2, -0.15) is 0 Å². The molecule has 0 aromatic carbocycles. The quantitative estimate of drug-likeness (QED) is 0.777. The van der Waals surface area contributed by atoms with Crippen molar-refractivity contribution in [2.45, 2.75) is 11.3 Å². The SMILES string of the molecule is COc1cncc(S(=O)(=O)Cl)c1C(F)F. The first kappa shape index (κ1) is 12.1. The smallest absolute Gasteiger partial charge is 0.268 e. The first-order valence-electron chi connectivity index (χ1n) is 3.62. The molecule has 0 atom stereocenters. The lowest BCUT2D eigenvalue weighted by Crippen LogP contribution is -2.02. The Labute approximate surface area is 89.3 Å². The topological polar surface area (TPSA) is 56.3 Å². The Morgan fingerprint density at radius 2 is 2.07 bits per heavy atom. The second-order valence-corrected chi connectivity index (χ2v) is 5.03. The van der Waals surface area contributed by atoms with Crippen molar-refractivity contribution < 1.29 is 21.9 Å². The molecule has 0 unspecified atom stereocenters. The van der Waals surface area contributed by atoms with Gasteiger partial charge in [-0.3, -0.25) is 4.98 Å². The molecule has 1 rings (SSSR count). The molecule has 8 heteroatoms. The van der Waals surface area contributed by atoms with E-state index < -0.39 is 25.9 Å². The largest absolute Gasteiger partial charge is 0.495 e. The van der Waals surface area contributed by atoms with Crippen molar-refractivity contribution in [1.29, 1.82) is 0 Å². The van der Waals surface area contributed by atoms with Crippen LogP contribution in [0.15, 0.2) is 17.3 Å². The highest BCUT2D eigenvalue weighted by atomic mass is 35.7.